The highest BCUT2D eigenvalue weighted by Crippen LogP contribution is 2.35. The topological polar surface area (TPSA) is 55.8 Å². The molecule has 1 amide bonds. The first-order valence-corrected chi connectivity index (χ1v) is 5.27. The Balaban J connectivity index is 1.95. The third-order valence-corrected chi connectivity index (χ3v) is 2.91. The molecule has 0 atom stereocenters. The predicted molar refractivity (Wildman–Crippen MR) is 50.9 cm³/mol. The summed E-state index contributed by atoms with van der Waals surface area (Å²) < 4.78 is 5.24. The minimum absolute atomic E-state index is 0.0150. The van der Waals surface area contributed by atoms with Crippen LogP contribution in [0.4, 0.5) is 0 Å². The van der Waals surface area contributed by atoms with Crippen molar-refractivity contribution in [3.8, 4) is 0 Å². The van der Waals surface area contributed by atoms with Crippen molar-refractivity contribution in [3.05, 3.63) is 0 Å². The monoisotopic (exact) mass is 213 g/mol. The summed E-state index contributed by atoms with van der Waals surface area (Å²) in [5, 5.41) is 1.33. The standard InChI is InChI=1S/C10H15NO4/c12-5-1-4-11-9(13)8-10(15-11)2-6-14-7-3-10/h5H,1-4,6-8H2. The summed E-state index contributed by atoms with van der Waals surface area (Å²) in [5.74, 6) is -0.0150. The number of carbonyl (C=O) groups excluding carboxylic acids is 2. The molecule has 0 aromatic rings. The molecule has 0 aromatic heterocycles. The minimum Gasteiger partial charge on any atom is -0.381 e. The van der Waals surface area contributed by atoms with Crippen LogP contribution in [0.2, 0.25) is 0 Å². The maximum Gasteiger partial charge on any atom is 0.249 e. The van der Waals surface area contributed by atoms with Gasteiger partial charge in [0.25, 0.3) is 0 Å². The van der Waals surface area contributed by atoms with Crippen LogP contribution < -0.4 is 0 Å². The molecule has 0 radical (unpaired) electrons. The quantitative estimate of drug-likeness (QED) is 0.632. The van der Waals surface area contributed by atoms with Crippen LogP contribution in [0.3, 0.4) is 0 Å². The average molecular weight is 213 g/mol. The van der Waals surface area contributed by atoms with Crippen LogP contribution in [0.15, 0.2) is 0 Å². The van der Waals surface area contributed by atoms with Crippen molar-refractivity contribution in [1.29, 1.82) is 0 Å². The van der Waals surface area contributed by atoms with E-state index < -0.39 is 0 Å². The molecule has 0 unspecified atom stereocenters. The van der Waals surface area contributed by atoms with Gasteiger partial charge in [-0.1, -0.05) is 0 Å². The predicted octanol–water partition coefficient (Wildman–Crippen LogP) is 0.288. The molecule has 5 nitrogen and oxygen atoms in total. The number of carbonyl (C=O) groups is 2. The van der Waals surface area contributed by atoms with E-state index in [1.807, 2.05) is 0 Å². The zero-order valence-electron chi connectivity index (χ0n) is 8.61. The van der Waals surface area contributed by atoms with Crippen LogP contribution >= 0.6 is 0 Å². The van der Waals surface area contributed by atoms with Gasteiger partial charge in [-0.25, -0.2) is 5.06 Å². The molecule has 5 heteroatoms. The van der Waals surface area contributed by atoms with Gasteiger partial charge >= 0.3 is 0 Å². The van der Waals surface area contributed by atoms with Gasteiger partial charge in [0.1, 0.15) is 11.9 Å². The Morgan fingerprint density at radius 1 is 1.40 bits per heavy atom. The summed E-state index contributed by atoms with van der Waals surface area (Å²) in [4.78, 5) is 27.5. The molecule has 0 saturated carbocycles. The molecule has 2 aliphatic rings. The molecule has 0 bridgehead atoms. The normalized spacial score (nSPS) is 24.8. The van der Waals surface area contributed by atoms with Gasteiger partial charge in [-0.15, -0.1) is 0 Å². The van der Waals surface area contributed by atoms with Crippen molar-refractivity contribution >= 4 is 12.2 Å². The lowest BCUT2D eigenvalue weighted by atomic mass is 9.91. The molecule has 2 heterocycles. The second-order valence-electron chi connectivity index (χ2n) is 4.01. The highest BCUT2D eigenvalue weighted by atomic mass is 16.7. The molecular formula is C10H15NO4. The second kappa shape index (κ2) is 4.28. The van der Waals surface area contributed by atoms with E-state index in [9.17, 15) is 9.59 Å². The Morgan fingerprint density at radius 2 is 2.13 bits per heavy atom. The molecule has 0 aromatic carbocycles. The summed E-state index contributed by atoms with van der Waals surface area (Å²) in [5.41, 5.74) is -0.349. The number of aldehydes is 1. The van der Waals surface area contributed by atoms with Gasteiger partial charge in [0.15, 0.2) is 0 Å². The Kier molecular flexibility index (Phi) is 3.02. The van der Waals surface area contributed by atoms with E-state index in [-0.39, 0.29) is 11.5 Å². The Labute approximate surface area is 88.3 Å². The lowest BCUT2D eigenvalue weighted by molar-refractivity contribution is -0.217. The van der Waals surface area contributed by atoms with Crippen molar-refractivity contribution < 1.29 is 19.2 Å². The summed E-state index contributed by atoms with van der Waals surface area (Å²) in [7, 11) is 0. The first-order valence-electron chi connectivity index (χ1n) is 5.27. The smallest absolute Gasteiger partial charge is 0.249 e. The number of rotatable bonds is 3. The largest absolute Gasteiger partial charge is 0.381 e. The van der Waals surface area contributed by atoms with Gasteiger partial charge in [0, 0.05) is 32.5 Å². The van der Waals surface area contributed by atoms with Crippen LogP contribution in [-0.4, -0.2) is 42.6 Å². The molecule has 2 rings (SSSR count). The first-order chi connectivity index (χ1) is 7.26. The van der Waals surface area contributed by atoms with Crippen molar-refractivity contribution in [2.75, 3.05) is 19.8 Å². The molecule has 2 saturated heterocycles. The van der Waals surface area contributed by atoms with Crippen molar-refractivity contribution in [3.63, 3.8) is 0 Å². The van der Waals surface area contributed by atoms with E-state index in [2.05, 4.69) is 0 Å². The van der Waals surface area contributed by atoms with Crippen LogP contribution in [0, 0.1) is 0 Å². The van der Waals surface area contributed by atoms with Crippen LogP contribution in [-0.2, 0) is 19.2 Å². The van der Waals surface area contributed by atoms with E-state index in [1.165, 1.54) is 5.06 Å². The SMILES string of the molecule is O=CCCN1OC2(CCOCC2)CC1=O. The zero-order chi connectivity index (χ0) is 10.7. The first kappa shape index (κ1) is 10.6. The van der Waals surface area contributed by atoms with E-state index in [0.29, 0.717) is 32.6 Å². The van der Waals surface area contributed by atoms with Gasteiger partial charge in [-0.2, -0.15) is 0 Å². The fraction of sp³-hybridized carbons (Fsp3) is 0.800. The Bertz CT molecular complexity index is 260. The summed E-state index contributed by atoms with van der Waals surface area (Å²) >= 11 is 0. The molecule has 0 N–H and O–H groups in total. The van der Waals surface area contributed by atoms with E-state index in [0.717, 1.165) is 19.1 Å². The third-order valence-electron chi connectivity index (χ3n) is 2.91. The molecule has 15 heavy (non-hydrogen) atoms. The fourth-order valence-electron chi connectivity index (χ4n) is 2.03. The second-order valence-corrected chi connectivity index (χ2v) is 4.01. The lowest BCUT2D eigenvalue weighted by Gasteiger charge is -2.31. The molecule has 1 spiro atoms. The maximum absolute atomic E-state index is 11.6. The number of hydrogen-bond donors (Lipinski definition) is 0. The molecule has 2 fully saturated rings. The average Bonchev–Trinajstić information content (AvgIpc) is 2.53. The van der Waals surface area contributed by atoms with Crippen molar-refractivity contribution in [1.82, 2.24) is 5.06 Å². The number of nitrogens with zero attached hydrogens (tertiary/aromatic N) is 1. The highest BCUT2D eigenvalue weighted by Gasteiger charge is 2.45. The van der Waals surface area contributed by atoms with Crippen LogP contribution in [0.25, 0.3) is 0 Å². The molecule has 84 valence electrons. The molecule has 0 aliphatic carbocycles. The van der Waals surface area contributed by atoms with Crippen LogP contribution in [0.5, 0.6) is 0 Å². The Hall–Kier alpha value is -0.940. The number of amides is 1. The maximum atomic E-state index is 11.6. The lowest BCUT2D eigenvalue weighted by Crippen LogP contribution is -2.37. The Morgan fingerprint density at radius 3 is 2.80 bits per heavy atom. The van der Waals surface area contributed by atoms with E-state index >= 15 is 0 Å². The summed E-state index contributed by atoms with van der Waals surface area (Å²) in [6, 6.07) is 0. The van der Waals surface area contributed by atoms with Crippen molar-refractivity contribution in [2.45, 2.75) is 31.3 Å². The summed E-state index contributed by atoms with van der Waals surface area (Å²) in [6.07, 6.45) is 3.08. The number of ether oxygens (including phenoxy) is 1. The molecular weight excluding hydrogens is 198 g/mol. The minimum atomic E-state index is -0.349. The summed E-state index contributed by atoms with van der Waals surface area (Å²) in [6.45, 7) is 1.66. The van der Waals surface area contributed by atoms with Crippen molar-refractivity contribution in [2.24, 2.45) is 0 Å². The van der Waals surface area contributed by atoms with Gasteiger partial charge in [-0.05, 0) is 0 Å². The van der Waals surface area contributed by atoms with E-state index in [4.69, 9.17) is 9.57 Å². The number of hydroxylamine groups is 2. The number of hydrogen-bond acceptors (Lipinski definition) is 4. The third kappa shape index (κ3) is 2.18. The van der Waals surface area contributed by atoms with E-state index in [1.54, 1.807) is 0 Å². The van der Waals surface area contributed by atoms with Gasteiger partial charge in [0.2, 0.25) is 5.91 Å². The fourth-order valence-corrected chi connectivity index (χ4v) is 2.03. The van der Waals surface area contributed by atoms with Crippen LogP contribution in [0.1, 0.15) is 25.7 Å². The zero-order valence-corrected chi connectivity index (χ0v) is 8.61. The van der Waals surface area contributed by atoms with Gasteiger partial charge in [0.05, 0.1) is 13.0 Å². The van der Waals surface area contributed by atoms with Gasteiger partial charge < -0.3 is 9.53 Å². The molecule has 2 aliphatic heterocycles. The van der Waals surface area contributed by atoms with Gasteiger partial charge in [-0.3, -0.25) is 9.63 Å². The highest BCUT2D eigenvalue weighted by molar-refractivity contribution is 5.78.